The molecule has 0 amide bonds. The topological polar surface area (TPSA) is 0 Å². The van der Waals surface area contributed by atoms with Crippen molar-refractivity contribution in [2.75, 3.05) is 0 Å². The molecule has 0 saturated carbocycles. The molecule has 0 saturated heterocycles. The van der Waals surface area contributed by atoms with Crippen molar-refractivity contribution >= 4 is 35.1 Å². The maximum absolute atomic E-state index is 6.06. The summed E-state index contributed by atoms with van der Waals surface area (Å²) in [5, 5.41) is 0. The molecule has 0 atom stereocenters. The Morgan fingerprint density at radius 3 is 2.18 bits per heavy atom. The van der Waals surface area contributed by atoms with Crippen molar-refractivity contribution < 1.29 is 22.1 Å². The van der Waals surface area contributed by atoms with Gasteiger partial charge in [0, 0.05) is 0 Å². The second-order valence-corrected chi connectivity index (χ2v) is 17.3. The molecule has 1 aromatic carbocycles. The van der Waals surface area contributed by atoms with Gasteiger partial charge in [0.2, 0.25) is 0 Å². The Hall–Kier alpha value is 1.22. The van der Waals surface area contributed by atoms with Crippen LogP contribution in [0.1, 0.15) is 5.56 Å². The van der Waals surface area contributed by atoms with E-state index in [9.17, 15) is 0 Å². The van der Waals surface area contributed by atoms with Gasteiger partial charge in [0.25, 0.3) is 0 Å². The molecule has 1 aromatic rings. The molecule has 0 radical (unpaired) electrons. The van der Waals surface area contributed by atoms with Gasteiger partial charge >= 0.3 is 95.0 Å². The Balaban J connectivity index is 2.93. The van der Waals surface area contributed by atoms with Crippen molar-refractivity contribution in [2.24, 2.45) is 0 Å². The fourth-order valence-electron chi connectivity index (χ4n) is 0.759. The summed E-state index contributed by atoms with van der Waals surface area (Å²) >= 11 is 14.3. The first kappa shape index (κ1) is 10.3. The van der Waals surface area contributed by atoms with Crippen LogP contribution in [0, 0.1) is 0 Å². The number of rotatable bonds is 2. The Morgan fingerprint density at radius 1 is 1.18 bits per heavy atom. The number of benzene rings is 1. The number of alkyl halides is 2. The molecular weight excluding hydrogens is 435 g/mol. The number of halogens is 3. The van der Waals surface area contributed by atoms with Gasteiger partial charge in [-0.3, -0.25) is 0 Å². The zero-order valence-electron chi connectivity index (χ0n) is 5.73. The standard InChI is InChI=1S/C7H5Cl2.BrH.Hg/c8-7(9)6-4-2-1-3-5-6;;/h1-5H;1H;/q;;+1/p-1. The van der Waals surface area contributed by atoms with Crippen molar-refractivity contribution in [3.05, 3.63) is 35.9 Å². The summed E-state index contributed by atoms with van der Waals surface area (Å²) in [7, 11) is 0. The van der Waals surface area contributed by atoms with Gasteiger partial charge in [-0.05, 0) is 0 Å². The molecule has 0 N–H and O–H groups in total. The van der Waals surface area contributed by atoms with E-state index in [1.54, 1.807) is 0 Å². The van der Waals surface area contributed by atoms with Gasteiger partial charge in [0.15, 0.2) is 0 Å². The summed E-state index contributed by atoms with van der Waals surface area (Å²) < 4.78 is -0.582. The zero-order valence-corrected chi connectivity index (χ0v) is 14.3. The molecule has 0 fully saturated rings. The third-order valence-corrected chi connectivity index (χ3v) is 20.1. The van der Waals surface area contributed by atoms with Crippen molar-refractivity contribution in [3.63, 3.8) is 0 Å². The molecule has 0 spiro atoms. The fraction of sp³-hybridized carbons (Fsp3) is 0.143. The van der Waals surface area contributed by atoms with Crippen LogP contribution in [-0.4, -0.2) is 0 Å². The quantitative estimate of drug-likeness (QED) is 0.486. The monoisotopic (exact) mass is 440 g/mol. The molecule has 1 rings (SSSR count). The van der Waals surface area contributed by atoms with Gasteiger partial charge < -0.3 is 0 Å². The molecular formula is C7H5BrCl2Hg. The molecule has 0 bridgehead atoms. The minimum atomic E-state index is -1.30. The molecule has 11 heavy (non-hydrogen) atoms. The van der Waals surface area contributed by atoms with E-state index in [0.29, 0.717) is 0 Å². The van der Waals surface area contributed by atoms with E-state index < -0.39 is 24.0 Å². The second kappa shape index (κ2) is 4.45. The van der Waals surface area contributed by atoms with Gasteiger partial charge in [-0.2, -0.15) is 0 Å². The fourth-order valence-corrected chi connectivity index (χ4v) is 5.37. The summed E-state index contributed by atoms with van der Waals surface area (Å²) in [6.45, 7) is 0. The third kappa shape index (κ3) is 2.87. The van der Waals surface area contributed by atoms with Crippen molar-refractivity contribution in [3.8, 4) is 0 Å². The third-order valence-electron chi connectivity index (χ3n) is 1.36. The van der Waals surface area contributed by atoms with Crippen LogP contribution in [-0.2, 0) is 24.0 Å². The Morgan fingerprint density at radius 2 is 1.73 bits per heavy atom. The average molecular weight is 441 g/mol. The van der Waals surface area contributed by atoms with Gasteiger partial charge in [-0.25, -0.2) is 0 Å². The molecule has 0 nitrogen and oxygen atoms in total. The Labute approximate surface area is 94.0 Å². The number of hydrogen-bond acceptors (Lipinski definition) is 0. The van der Waals surface area contributed by atoms with E-state index in [0.717, 1.165) is 5.56 Å². The molecule has 0 aromatic heterocycles. The summed E-state index contributed by atoms with van der Waals surface area (Å²) in [6.07, 6.45) is 0. The summed E-state index contributed by atoms with van der Waals surface area (Å²) in [5.41, 5.74) is 1.02. The predicted molar refractivity (Wildman–Crippen MR) is 48.8 cm³/mol. The second-order valence-electron chi connectivity index (χ2n) is 2.20. The molecule has 56 valence electrons. The first-order valence-corrected chi connectivity index (χ1v) is 18.6. The first-order valence-electron chi connectivity index (χ1n) is 3.16. The van der Waals surface area contributed by atoms with E-state index >= 15 is 0 Å². The van der Waals surface area contributed by atoms with Crippen LogP contribution in [0.25, 0.3) is 0 Å². The van der Waals surface area contributed by atoms with Gasteiger partial charge in [-0.15, -0.1) is 0 Å². The first-order chi connectivity index (χ1) is 5.17. The molecule has 0 unspecified atom stereocenters. The summed E-state index contributed by atoms with van der Waals surface area (Å²) in [4.78, 5) is 0. The molecule has 0 heterocycles. The minimum absolute atomic E-state index is 0.582. The van der Waals surface area contributed by atoms with Gasteiger partial charge in [-0.1, -0.05) is 0 Å². The van der Waals surface area contributed by atoms with Crippen molar-refractivity contribution in [2.45, 2.75) is 1.84 Å². The van der Waals surface area contributed by atoms with E-state index in [-0.39, 0.29) is 0 Å². The average Bonchev–Trinajstić information content (AvgIpc) is 2.06. The molecule has 0 aliphatic rings. The van der Waals surface area contributed by atoms with Crippen LogP contribution in [0.2, 0.25) is 0 Å². The van der Waals surface area contributed by atoms with Gasteiger partial charge in [0.05, 0.1) is 0 Å². The van der Waals surface area contributed by atoms with E-state index in [2.05, 4.69) is 11.9 Å². The normalized spacial score (nSPS) is 10.8. The van der Waals surface area contributed by atoms with Crippen molar-refractivity contribution in [1.82, 2.24) is 0 Å². The van der Waals surface area contributed by atoms with E-state index in [1.165, 1.54) is 0 Å². The SMILES string of the molecule is Cl[C](Cl)([Hg][Br])c1ccccc1. The van der Waals surface area contributed by atoms with Crippen LogP contribution >= 0.6 is 35.1 Å². The van der Waals surface area contributed by atoms with E-state index in [4.69, 9.17) is 23.2 Å². The Bertz CT molecular complexity index is 225. The predicted octanol–water partition coefficient (Wildman–Crippen LogP) is 3.67. The van der Waals surface area contributed by atoms with Crippen LogP contribution in [0.5, 0.6) is 0 Å². The van der Waals surface area contributed by atoms with Crippen LogP contribution in [0.3, 0.4) is 0 Å². The molecule has 0 aliphatic heterocycles. The molecule has 4 heteroatoms. The Kier molecular flexibility index (Phi) is 4.17. The number of hydrogen-bond donors (Lipinski definition) is 0. The van der Waals surface area contributed by atoms with Crippen LogP contribution < -0.4 is 0 Å². The molecule has 0 aliphatic carbocycles. The van der Waals surface area contributed by atoms with Crippen molar-refractivity contribution in [1.29, 1.82) is 0 Å². The van der Waals surface area contributed by atoms with E-state index in [1.807, 2.05) is 30.3 Å². The van der Waals surface area contributed by atoms with Crippen LogP contribution in [0.15, 0.2) is 30.3 Å². The summed E-state index contributed by atoms with van der Waals surface area (Å²) in [6, 6.07) is 9.78. The van der Waals surface area contributed by atoms with Gasteiger partial charge in [0.1, 0.15) is 0 Å². The van der Waals surface area contributed by atoms with Crippen LogP contribution in [0.4, 0.5) is 0 Å². The maximum atomic E-state index is 6.06. The zero-order chi connectivity index (χ0) is 8.32. The summed E-state index contributed by atoms with van der Waals surface area (Å²) in [5.74, 6) is 0.